The van der Waals surface area contributed by atoms with Crippen molar-refractivity contribution in [2.24, 2.45) is 11.8 Å². The molecule has 3 fully saturated rings. The maximum atomic E-state index is 13.1. The predicted molar refractivity (Wildman–Crippen MR) is 146 cm³/mol. The molecule has 37 heavy (non-hydrogen) atoms. The predicted octanol–water partition coefficient (Wildman–Crippen LogP) is 5.44. The summed E-state index contributed by atoms with van der Waals surface area (Å²) in [5.41, 5.74) is 3.50. The van der Waals surface area contributed by atoms with Crippen LogP contribution >= 0.6 is 0 Å². The molecule has 0 radical (unpaired) electrons. The standard InChI is InChI=1S/C24H30N4O3.C6H12/c1-16-8-10-25-17(2)22(16)23(29)28-14-19-12-27(13-20(19)15-28)11-9-21(26-24(30)31)18-6-4-3-5-7-18;1-2-4-6-5-3-1/h3-8,10,19-21,26H,9,11-15H2,1-2H3,(H,30,31);1-6H2/t19-,20?,21?;/m0./s1. The van der Waals surface area contributed by atoms with Crippen molar-refractivity contribution in [3.05, 3.63) is 65.0 Å². The van der Waals surface area contributed by atoms with Gasteiger partial charge in [-0.05, 0) is 49.3 Å². The second-order valence-electron chi connectivity index (χ2n) is 10.9. The van der Waals surface area contributed by atoms with E-state index >= 15 is 0 Å². The minimum Gasteiger partial charge on any atom is -0.465 e. The van der Waals surface area contributed by atoms with Gasteiger partial charge in [0.25, 0.3) is 5.91 Å². The van der Waals surface area contributed by atoms with Gasteiger partial charge in [0.1, 0.15) is 0 Å². The van der Waals surface area contributed by atoms with Gasteiger partial charge < -0.3 is 20.2 Å². The number of aryl methyl sites for hydroxylation is 2. The Morgan fingerprint density at radius 1 is 0.946 bits per heavy atom. The number of hydrogen-bond acceptors (Lipinski definition) is 4. The Balaban J connectivity index is 0.000000469. The van der Waals surface area contributed by atoms with Gasteiger partial charge >= 0.3 is 6.09 Å². The summed E-state index contributed by atoms with van der Waals surface area (Å²) in [4.78, 5) is 33.0. The number of nitrogens with zero attached hydrogens (tertiary/aromatic N) is 3. The van der Waals surface area contributed by atoms with E-state index < -0.39 is 6.09 Å². The smallest absolute Gasteiger partial charge is 0.405 e. The van der Waals surface area contributed by atoms with Crippen molar-refractivity contribution in [2.75, 3.05) is 32.7 Å². The lowest BCUT2D eigenvalue weighted by molar-refractivity contribution is 0.0772. The van der Waals surface area contributed by atoms with E-state index in [2.05, 4.69) is 15.2 Å². The summed E-state index contributed by atoms with van der Waals surface area (Å²) < 4.78 is 0. The molecule has 2 N–H and O–H groups in total. The molecule has 3 atom stereocenters. The molecule has 7 nitrogen and oxygen atoms in total. The fraction of sp³-hybridized carbons (Fsp3) is 0.567. The minimum absolute atomic E-state index is 0.0962. The van der Waals surface area contributed by atoms with Gasteiger partial charge in [-0.15, -0.1) is 0 Å². The third-order valence-corrected chi connectivity index (χ3v) is 8.15. The Kier molecular flexibility index (Phi) is 9.56. The number of amides is 2. The molecule has 2 unspecified atom stereocenters. The van der Waals surface area contributed by atoms with E-state index in [9.17, 15) is 14.7 Å². The van der Waals surface area contributed by atoms with E-state index in [0.29, 0.717) is 11.8 Å². The van der Waals surface area contributed by atoms with Gasteiger partial charge in [0.15, 0.2) is 0 Å². The highest BCUT2D eigenvalue weighted by atomic mass is 16.4. The molecule has 7 heteroatoms. The van der Waals surface area contributed by atoms with E-state index in [0.717, 1.165) is 61.5 Å². The number of pyridine rings is 1. The van der Waals surface area contributed by atoms with E-state index in [4.69, 9.17) is 0 Å². The normalized spacial score (nSPS) is 22.1. The maximum Gasteiger partial charge on any atom is 0.405 e. The van der Waals surface area contributed by atoms with Crippen molar-refractivity contribution >= 4 is 12.0 Å². The molecule has 2 amide bonds. The summed E-state index contributed by atoms with van der Waals surface area (Å²) in [6.45, 7) is 8.16. The monoisotopic (exact) mass is 506 g/mol. The first kappa shape index (κ1) is 27.1. The highest BCUT2D eigenvalue weighted by Gasteiger charge is 2.42. The average Bonchev–Trinajstić information content (AvgIpc) is 3.47. The maximum absolute atomic E-state index is 13.1. The summed E-state index contributed by atoms with van der Waals surface area (Å²) in [6.07, 6.45) is 10.5. The van der Waals surface area contributed by atoms with Gasteiger partial charge in [-0.1, -0.05) is 68.9 Å². The van der Waals surface area contributed by atoms with Crippen LogP contribution in [0.4, 0.5) is 4.79 Å². The molecule has 2 aliphatic heterocycles. The molecule has 5 rings (SSSR count). The van der Waals surface area contributed by atoms with Crippen LogP contribution in [-0.4, -0.2) is 64.6 Å². The van der Waals surface area contributed by atoms with E-state index in [1.165, 1.54) is 38.5 Å². The van der Waals surface area contributed by atoms with Gasteiger partial charge in [0.05, 0.1) is 17.3 Å². The highest BCUT2D eigenvalue weighted by Crippen LogP contribution is 2.33. The number of rotatable bonds is 6. The van der Waals surface area contributed by atoms with Gasteiger partial charge in [0, 0.05) is 38.9 Å². The van der Waals surface area contributed by atoms with Crippen LogP contribution in [0, 0.1) is 25.7 Å². The zero-order valence-electron chi connectivity index (χ0n) is 22.4. The molecule has 1 saturated carbocycles. The van der Waals surface area contributed by atoms with Gasteiger partial charge in [-0.3, -0.25) is 9.78 Å². The zero-order chi connectivity index (χ0) is 26.2. The molecule has 0 spiro atoms. The van der Waals surface area contributed by atoms with Crippen molar-refractivity contribution in [1.82, 2.24) is 20.1 Å². The van der Waals surface area contributed by atoms with Crippen molar-refractivity contribution in [2.45, 2.75) is 64.8 Å². The first-order valence-corrected chi connectivity index (χ1v) is 13.9. The summed E-state index contributed by atoms with van der Waals surface area (Å²) in [6, 6.07) is 11.4. The first-order chi connectivity index (χ1) is 17.9. The Morgan fingerprint density at radius 3 is 2.08 bits per heavy atom. The largest absolute Gasteiger partial charge is 0.465 e. The third-order valence-electron chi connectivity index (χ3n) is 8.15. The summed E-state index contributed by atoms with van der Waals surface area (Å²) in [5, 5.41) is 11.9. The van der Waals surface area contributed by atoms with Gasteiger partial charge in [-0.2, -0.15) is 0 Å². The number of carbonyl (C=O) groups excluding carboxylic acids is 1. The topological polar surface area (TPSA) is 85.8 Å². The van der Waals surface area contributed by atoms with E-state index in [-0.39, 0.29) is 11.9 Å². The number of benzene rings is 1. The second-order valence-corrected chi connectivity index (χ2v) is 10.9. The molecule has 3 aliphatic rings. The van der Waals surface area contributed by atoms with Crippen LogP contribution in [0.15, 0.2) is 42.6 Å². The molecular weight excluding hydrogens is 464 g/mol. The summed E-state index contributed by atoms with van der Waals surface area (Å²) >= 11 is 0. The fourth-order valence-corrected chi connectivity index (χ4v) is 6.14. The second kappa shape index (κ2) is 13.0. The Morgan fingerprint density at radius 2 is 1.54 bits per heavy atom. The fourth-order valence-electron chi connectivity index (χ4n) is 6.14. The van der Waals surface area contributed by atoms with Crippen molar-refractivity contribution in [3.8, 4) is 0 Å². The Hall–Kier alpha value is -2.93. The van der Waals surface area contributed by atoms with Crippen molar-refractivity contribution in [1.29, 1.82) is 0 Å². The first-order valence-electron chi connectivity index (χ1n) is 13.9. The van der Waals surface area contributed by atoms with E-state index in [1.807, 2.05) is 55.1 Å². The number of hydrogen-bond donors (Lipinski definition) is 2. The number of fused-ring (bicyclic) bond motifs is 1. The minimum atomic E-state index is -0.998. The Labute approximate surface area is 221 Å². The van der Waals surface area contributed by atoms with Crippen molar-refractivity contribution in [3.63, 3.8) is 0 Å². The molecule has 0 bridgehead atoms. The highest BCUT2D eigenvalue weighted by molar-refractivity contribution is 5.96. The molecule has 2 saturated heterocycles. The molecule has 1 aromatic heterocycles. The van der Waals surface area contributed by atoms with E-state index in [1.54, 1.807) is 6.20 Å². The number of carboxylic acid groups (broad SMARTS) is 1. The van der Waals surface area contributed by atoms with Crippen LogP contribution in [-0.2, 0) is 0 Å². The SMILES string of the molecule is C1CCCCC1.Cc1ccnc(C)c1C(=O)N1CC2CN(CCC(NC(=O)O)c3ccccc3)C[C@H]2C1. The zero-order valence-corrected chi connectivity index (χ0v) is 22.4. The van der Waals surface area contributed by atoms with Crippen LogP contribution in [0.2, 0.25) is 0 Å². The number of aromatic nitrogens is 1. The quantitative estimate of drug-likeness (QED) is 0.545. The van der Waals surface area contributed by atoms with Gasteiger partial charge in [0.2, 0.25) is 0 Å². The molecule has 1 aliphatic carbocycles. The Bertz CT molecular complexity index is 995. The number of carbonyl (C=O) groups is 2. The molecule has 200 valence electrons. The molecular formula is C30H42N4O3. The molecule has 2 aromatic rings. The lowest BCUT2D eigenvalue weighted by atomic mass is 10.0. The number of nitrogens with one attached hydrogen (secondary N) is 1. The van der Waals surface area contributed by atoms with Crippen LogP contribution in [0.1, 0.15) is 78.2 Å². The van der Waals surface area contributed by atoms with Gasteiger partial charge in [-0.25, -0.2) is 4.79 Å². The lowest BCUT2D eigenvalue weighted by Crippen LogP contribution is -2.35. The third kappa shape index (κ3) is 7.31. The molecule has 3 heterocycles. The van der Waals surface area contributed by atoms with Crippen LogP contribution < -0.4 is 5.32 Å². The van der Waals surface area contributed by atoms with Crippen LogP contribution in [0.25, 0.3) is 0 Å². The number of likely N-dealkylation sites (tertiary alicyclic amines) is 2. The van der Waals surface area contributed by atoms with Crippen LogP contribution in [0.3, 0.4) is 0 Å². The average molecular weight is 507 g/mol. The summed E-state index contributed by atoms with van der Waals surface area (Å²) in [5.74, 6) is 1.05. The summed E-state index contributed by atoms with van der Waals surface area (Å²) in [7, 11) is 0. The molecule has 1 aromatic carbocycles. The lowest BCUT2D eigenvalue weighted by Gasteiger charge is -2.24. The van der Waals surface area contributed by atoms with Crippen LogP contribution in [0.5, 0.6) is 0 Å². The van der Waals surface area contributed by atoms with Crippen molar-refractivity contribution < 1.29 is 14.7 Å².